The Bertz CT molecular complexity index is 661. The van der Waals surface area contributed by atoms with Crippen molar-refractivity contribution in [3.8, 4) is 0 Å². The minimum Gasteiger partial charge on any atom is -0.462 e. The van der Waals surface area contributed by atoms with Crippen LogP contribution < -0.4 is 0 Å². The number of hydrogen-bond donors (Lipinski definition) is 1. The largest absolute Gasteiger partial charge is 0.462 e. The monoisotopic (exact) mass is 276 g/mol. The molecule has 20 heavy (non-hydrogen) atoms. The molecule has 2 aliphatic heterocycles. The van der Waals surface area contributed by atoms with Gasteiger partial charge in [0.25, 0.3) is 0 Å². The molecule has 4 atom stereocenters. The summed E-state index contributed by atoms with van der Waals surface area (Å²) in [6, 6.07) is 0. The van der Waals surface area contributed by atoms with Crippen molar-refractivity contribution in [1.82, 2.24) is 0 Å². The molecule has 4 rings (SSSR count). The second-order valence-electron chi connectivity index (χ2n) is 6.08. The molecule has 3 fully saturated rings. The van der Waals surface area contributed by atoms with Gasteiger partial charge in [0.2, 0.25) is 5.60 Å². The first-order valence-corrected chi connectivity index (χ1v) is 6.35. The van der Waals surface area contributed by atoms with E-state index in [9.17, 15) is 19.5 Å². The molecule has 2 aliphatic carbocycles. The summed E-state index contributed by atoms with van der Waals surface area (Å²) < 4.78 is 10.2. The van der Waals surface area contributed by atoms with Crippen molar-refractivity contribution < 1.29 is 29.0 Å². The van der Waals surface area contributed by atoms with E-state index >= 15 is 0 Å². The molecule has 0 aromatic rings. The van der Waals surface area contributed by atoms with Crippen LogP contribution in [0.1, 0.15) is 13.3 Å². The van der Waals surface area contributed by atoms with Crippen LogP contribution in [0.4, 0.5) is 0 Å². The fourth-order valence-corrected chi connectivity index (χ4v) is 4.10. The van der Waals surface area contributed by atoms with Gasteiger partial charge in [-0.1, -0.05) is 6.58 Å². The summed E-state index contributed by atoms with van der Waals surface area (Å²) in [4.78, 5) is 36.3. The standard InChI is InChI=1S/C14H12O6/c1-6-7(15)3-8-12(2)5-19-11(17)14(12,18)9-4-13(6,8)10(16)20-9/h3,9,18H,1,4-5H2,2H3/t9?,12-,13?,14?/m1/s1. The van der Waals surface area contributed by atoms with Gasteiger partial charge in [0, 0.05) is 12.0 Å². The Morgan fingerprint density at radius 2 is 2.05 bits per heavy atom. The quantitative estimate of drug-likeness (QED) is 0.481. The van der Waals surface area contributed by atoms with Crippen LogP contribution in [-0.2, 0) is 23.9 Å². The van der Waals surface area contributed by atoms with Crippen molar-refractivity contribution in [2.45, 2.75) is 25.0 Å². The van der Waals surface area contributed by atoms with Gasteiger partial charge in [0.15, 0.2) is 5.78 Å². The minimum absolute atomic E-state index is 0.0590. The molecule has 2 saturated heterocycles. The van der Waals surface area contributed by atoms with E-state index in [0.717, 1.165) is 0 Å². The van der Waals surface area contributed by atoms with Gasteiger partial charge in [-0.15, -0.1) is 0 Å². The predicted octanol–water partition coefficient (Wildman–Crippen LogP) is -0.339. The zero-order valence-electron chi connectivity index (χ0n) is 10.8. The second-order valence-corrected chi connectivity index (χ2v) is 6.08. The number of aliphatic hydroxyl groups is 1. The van der Waals surface area contributed by atoms with E-state index < -0.39 is 34.5 Å². The van der Waals surface area contributed by atoms with E-state index in [2.05, 4.69) is 6.58 Å². The van der Waals surface area contributed by atoms with Crippen LogP contribution in [0.15, 0.2) is 23.8 Å². The Balaban J connectivity index is 2.06. The van der Waals surface area contributed by atoms with E-state index in [1.807, 2.05) is 0 Å². The van der Waals surface area contributed by atoms with Gasteiger partial charge < -0.3 is 14.6 Å². The van der Waals surface area contributed by atoms with Gasteiger partial charge in [-0.25, -0.2) is 4.79 Å². The molecule has 104 valence electrons. The molecule has 1 N–H and O–H groups in total. The number of esters is 2. The third kappa shape index (κ3) is 0.833. The van der Waals surface area contributed by atoms with Gasteiger partial charge in [0.1, 0.15) is 18.1 Å². The highest BCUT2D eigenvalue weighted by atomic mass is 16.6. The van der Waals surface area contributed by atoms with Crippen molar-refractivity contribution >= 4 is 17.7 Å². The predicted molar refractivity (Wildman–Crippen MR) is 63.2 cm³/mol. The molecule has 0 radical (unpaired) electrons. The highest BCUT2D eigenvalue weighted by Crippen LogP contribution is 2.67. The van der Waals surface area contributed by atoms with Crippen LogP contribution in [-0.4, -0.2) is 41.1 Å². The maximum atomic E-state index is 12.3. The first-order valence-electron chi connectivity index (χ1n) is 6.35. The normalized spacial score (nSPS) is 48.7. The first-order chi connectivity index (χ1) is 9.28. The number of carbonyl (C=O) groups is 3. The van der Waals surface area contributed by atoms with Crippen LogP contribution >= 0.6 is 0 Å². The summed E-state index contributed by atoms with van der Waals surface area (Å²) in [5, 5.41) is 10.8. The maximum absolute atomic E-state index is 12.3. The van der Waals surface area contributed by atoms with Crippen LogP contribution in [0, 0.1) is 10.8 Å². The number of rotatable bonds is 0. The molecule has 6 nitrogen and oxygen atoms in total. The SMILES string of the molecule is C=C1C(=O)C=C2C13CC(OC3=O)C1(O)C(=O)OC[C@]21C. The molecule has 0 aromatic heterocycles. The number of hydrogen-bond acceptors (Lipinski definition) is 6. The lowest BCUT2D eigenvalue weighted by Gasteiger charge is -2.45. The molecule has 2 heterocycles. The molecule has 4 aliphatic rings. The summed E-state index contributed by atoms with van der Waals surface area (Å²) >= 11 is 0. The number of fused-ring (bicyclic) bond motifs is 4. The molecular weight excluding hydrogens is 264 g/mol. The van der Waals surface area contributed by atoms with Crippen molar-refractivity contribution in [1.29, 1.82) is 0 Å². The van der Waals surface area contributed by atoms with Crippen molar-refractivity contribution in [3.05, 3.63) is 23.8 Å². The van der Waals surface area contributed by atoms with E-state index in [-0.39, 0.29) is 24.4 Å². The minimum atomic E-state index is -1.93. The smallest absolute Gasteiger partial charge is 0.343 e. The summed E-state index contributed by atoms with van der Waals surface area (Å²) in [5.74, 6) is -1.77. The van der Waals surface area contributed by atoms with Crippen LogP contribution in [0.3, 0.4) is 0 Å². The Hall–Kier alpha value is -1.95. The highest BCUT2D eigenvalue weighted by Gasteiger charge is 2.79. The third-order valence-electron chi connectivity index (χ3n) is 5.34. The second kappa shape index (κ2) is 2.88. The zero-order chi connectivity index (χ0) is 14.5. The summed E-state index contributed by atoms with van der Waals surface area (Å²) in [5.41, 5.74) is -3.75. The highest BCUT2D eigenvalue weighted by molar-refractivity contribution is 6.16. The van der Waals surface area contributed by atoms with Gasteiger partial charge in [0.05, 0.1) is 5.41 Å². The summed E-state index contributed by atoms with van der Waals surface area (Å²) in [6.45, 7) is 5.26. The van der Waals surface area contributed by atoms with Crippen molar-refractivity contribution in [3.63, 3.8) is 0 Å². The van der Waals surface area contributed by atoms with Gasteiger partial charge >= 0.3 is 11.9 Å². The molecule has 2 bridgehead atoms. The topological polar surface area (TPSA) is 89.9 Å². The Morgan fingerprint density at radius 1 is 1.35 bits per heavy atom. The summed E-state index contributed by atoms with van der Waals surface area (Å²) in [6.07, 6.45) is 0.358. The average Bonchev–Trinajstić information content (AvgIpc) is 2.95. The third-order valence-corrected chi connectivity index (χ3v) is 5.34. The molecule has 6 heteroatoms. The summed E-state index contributed by atoms with van der Waals surface area (Å²) in [7, 11) is 0. The molecular formula is C14H12O6. The van der Waals surface area contributed by atoms with Gasteiger partial charge in [-0.2, -0.15) is 0 Å². The lowest BCUT2D eigenvalue weighted by molar-refractivity contribution is -0.175. The number of carbonyl (C=O) groups excluding carboxylic acids is 3. The fraction of sp³-hybridized carbons (Fsp3) is 0.500. The fourth-order valence-electron chi connectivity index (χ4n) is 4.10. The Morgan fingerprint density at radius 3 is 2.75 bits per heavy atom. The van der Waals surface area contributed by atoms with Gasteiger partial charge in [-0.3, -0.25) is 9.59 Å². The zero-order valence-corrected chi connectivity index (χ0v) is 10.8. The van der Waals surface area contributed by atoms with Crippen LogP contribution in [0.25, 0.3) is 0 Å². The molecule has 1 saturated carbocycles. The average molecular weight is 276 g/mol. The first kappa shape index (κ1) is 11.8. The number of ketones is 1. The van der Waals surface area contributed by atoms with E-state index in [1.54, 1.807) is 6.92 Å². The number of cyclic esters (lactones) is 1. The molecule has 0 aromatic carbocycles. The molecule has 0 amide bonds. The van der Waals surface area contributed by atoms with Crippen molar-refractivity contribution in [2.75, 3.05) is 6.61 Å². The van der Waals surface area contributed by atoms with Gasteiger partial charge in [-0.05, 0) is 18.6 Å². The van der Waals surface area contributed by atoms with Crippen LogP contribution in [0.5, 0.6) is 0 Å². The lowest BCUT2D eigenvalue weighted by atomic mass is 9.54. The number of ether oxygens (including phenoxy) is 2. The molecule has 3 unspecified atom stereocenters. The van der Waals surface area contributed by atoms with E-state index in [4.69, 9.17) is 9.47 Å². The van der Waals surface area contributed by atoms with Crippen LogP contribution in [0.2, 0.25) is 0 Å². The Labute approximate surface area is 114 Å². The van der Waals surface area contributed by atoms with Crippen molar-refractivity contribution in [2.24, 2.45) is 10.8 Å². The Kier molecular flexibility index (Phi) is 1.71. The maximum Gasteiger partial charge on any atom is 0.343 e. The number of allylic oxidation sites excluding steroid dienone is 1. The lowest BCUT2D eigenvalue weighted by Crippen LogP contribution is -2.61. The van der Waals surface area contributed by atoms with E-state index in [0.29, 0.717) is 5.57 Å². The molecule has 1 spiro atoms. The van der Waals surface area contributed by atoms with E-state index in [1.165, 1.54) is 6.08 Å².